The minimum absolute atomic E-state index is 0.194. The van der Waals surface area contributed by atoms with Gasteiger partial charge < -0.3 is 14.2 Å². The van der Waals surface area contributed by atoms with Crippen LogP contribution in [0.15, 0.2) is 24.8 Å². The molecule has 0 aromatic rings. The number of hydrogen-bond donors (Lipinski definition) is 0. The molecule has 1 saturated heterocycles. The van der Waals surface area contributed by atoms with Crippen molar-refractivity contribution in [1.82, 2.24) is 0 Å². The van der Waals surface area contributed by atoms with E-state index in [1.165, 1.54) is 0 Å². The van der Waals surface area contributed by atoms with Crippen LogP contribution in [0.2, 0.25) is 0 Å². The predicted octanol–water partition coefficient (Wildman–Crippen LogP) is 2.68. The monoisotopic (exact) mass is 274 g/mol. The standard InChI is InChI=1S/C17H22O3/c1-6-16(2,3)18-13-11-9-7-8-10-12-15-14-19-17(4,5)20-15/h6,9,11,15H,1,13-14H2,2-5H3/b11-9+/t15-/m0/s1. The molecule has 3 heteroatoms. The Balaban J connectivity index is 2.29. The first-order chi connectivity index (χ1) is 9.35. The Morgan fingerprint density at radius 3 is 2.75 bits per heavy atom. The zero-order valence-electron chi connectivity index (χ0n) is 12.7. The van der Waals surface area contributed by atoms with Crippen molar-refractivity contribution in [3.8, 4) is 23.7 Å². The second-order valence-electron chi connectivity index (χ2n) is 5.38. The molecule has 108 valence electrons. The van der Waals surface area contributed by atoms with Gasteiger partial charge in [-0.1, -0.05) is 24.0 Å². The van der Waals surface area contributed by atoms with Crippen molar-refractivity contribution in [3.05, 3.63) is 24.8 Å². The molecule has 0 N–H and O–H groups in total. The first kappa shape index (κ1) is 16.5. The zero-order valence-corrected chi connectivity index (χ0v) is 12.7. The number of ether oxygens (including phenoxy) is 3. The average Bonchev–Trinajstić information content (AvgIpc) is 2.72. The van der Waals surface area contributed by atoms with Crippen molar-refractivity contribution in [2.45, 2.75) is 45.2 Å². The second-order valence-corrected chi connectivity index (χ2v) is 5.38. The highest BCUT2D eigenvalue weighted by Gasteiger charge is 2.31. The molecule has 0 bridgehead atoms. The van der Waals surface area contributed by atoms with Gasteiger partial charge in [0.15, 0.2) is 5.79 Å². The van der Waals surface area contributed by atoms with E-state index in [-0.39, 0.29) is 11.7 Å². The van der Waals surface area contributed by atoms with Gasteiger partial charge in [0.1, 0.15) is 6.10 Å². The third kappa shape index (κ3) is 6.59. The van der Waals surface area contributed by atoms with E-state index in [0.717, 1.165) is 0 Å². The lowest BCUT2D eigenvalue weighted by atomic mass is 10.1. The topological polar surface area (TPSA) is 27.7 Å². The molecule has 0 aliphatic carbocycles. The smallest absolute Gasteiger partial charge is 0.164 e. The predicted molar refractivity (Wildman–Crippen MR) is 79.8 cm³/mol. The summed E-state index contributed by atoms with van der Waals surface area (Å²) < 4.78 is 16.5. The molecular formula is C17H22O3. The fraction of sp³-hybridized carbons (Fsp3) is 0.529. The summed E-state index contributed by atoms with van der Waals surface area (Å²) in [6.07, 6.45) is 5.14. The Labute approximate surface area is 122 Å². The molecule has 0 amide bonds. The largest absolute Gasteiger partial charge is 0.367 e. The van der Waals surface area contributed by atoms with E-state index in [1.54, 1.807) is 12.2 Å². The van der Waals surface area contributed by atoms with E-state index >= 15 is 0 Å². The maximum absolute atomic E-state index is 5.54. The van der Waals surface area contributed by atoms with Gasteiger partial charge in [-0.2, -0.15) is 0 Å². The van der Waals surface area contributed by atoms with Crippen LogP contribution in [-0.4, -0.2) is 30.7 Å². The van der Waals surface area contributed by atoms with Gasteiger partial charge in [-0.05, 0) is 45.6 Å². The third-order valence-electron chi connectivity index (χ3n) is 2.62. The van der Waals surface area contributed by atoms with Crippen molar-refractivity contribution in [2.24, 2.45) is 0 Å². The summed E-state index contributed by atoms with van der Waals surface area (Å²) in [7, 11) is 0. The first-order valence-electron chi connectivity index (χ1n) is 6.60. The Kier molecular flexibility index (Phi) is 6.05. The van der Waals surface area contributed by atoms with Crippen LogP contribution in [0, 0.1) is 23.7 Å². The summed E-state index contributed by atoms with van der Waals surface area (Å²) >= 11 is 0. The normalized spacial score (nSPS) is 20.9. The van der Waals surface area contributed by atoms with E-state index < -0.39 is 5.79 Å². The van der Waals surface area contributed by atoms with Gasteiger partial charge in [0.2, 0.25) is 0 Å². The van der Waals surface area contributed by atoms with Gasteiger partial charge in [-0.15, -0.1) is 6.58 Å². The molecule has 0 saturated carbocycles. The Morgan fingerprint density at radius 1 is 1.40 bits per heavy atom. The fourth-order valence-corrected chi connectivity index (χ4v) is 1.38. The number of hydrogen-bond acceptors (Lipinski definition) is 3. The van der Waals surface area contributed by atoms with Crippen LogP contribution in [0.3, 0.4) is 0 Å². The maximum atomic E-state index is 5.54. The summed E-state index contributed by atoms with van der Waals surface area (Å²) in [4.78, 5) is 0. The lowest BCUT2D eigenvalue weighted by molar-refractivity contribution is -0.132. The van der Waals surface area contributed by atoms with Gasteiger partial charge in [0.05, 0.1) is 18.8 Å². The van der Waals surface area contributed by atoms with Crippen LogP contribution in [-0.2, 0) is 14.2 Å². The molecule has 0 aromatic heterocycles. The molecule has 1 rings (SSSR count). The van der Waals surface area contributed by atoms with E-state index in [4.69, 9.17) is 14.2 Å². The Bertz CT molecular complexity index is 478. The Hall–Kier alpha value is -1.52. The van der Waals surface area contributed by atoms with Crippen LogP contribution < -0.4 is 0 Å². The molecule has 0 unspecified atom stereocenters. The molecular weight excluding hydrogens is 252 g/mol. The van der Waals surface area contributed by atoms with Crippen molar-refractivity contribution in [1.29, 1.82) is 0 Å². The maximum Gasteiger partial charge on any atom is 0.164 e. The highest BCUT2D eigenvalue weighted by atomic mass is 16.7. The van der Waals surface area contributed by atoms with Crippen LogP contribution in [0.4, 0.5) is 0 Å². The minimum Gasteiger partial charge on any atom is -0.367 e. The van der Waals surface area contributed by atoms with Crippen LogP contribution in [0.1, 0.15) is 27.7 Å². The highest BCUT2D eigenvalue weighted by Crippen LogP contribution is 2.21. The van der Waals surface area contributed by atoms with Gasteiger partial charge in [0.25, 0.3) is 0 Å². The molecule has 0 aromatic carbocycles. The molecule has 1 fully saturated rings. The van der Waals surface area contributed by atoms with Crippen LogP contribution in [0.5, 0.6) is 0 Å². The molecule has 1 aliphatic rings. The highest BCUT2D eigenvalue weighted by molar-refractivity contribution is 5.32. The fourth-order valence-electron chi connectivity index (χ4n) is 1.38. The van der Waals surface area contributed by atoms with Crippen molar-refractivity contribution in [3.63, 3.8) is 0 Å². The second kappa shape index (κ2) is 7.31. The van der Waals surface area contributed by atoms with E-state index in [1.807, 2.05) is 33.8 Å². The van der Waals surface area contributed by atoms with Crippen molar-refractivity contribution < 1.29 is 14.2 Å². The average molecular weight is 274 g/mol. The molecule has 0 spiro atoms. The van der Waals surface area contributed by atoms with E-state index in [0.29, 0.717) is 13.2 Å². The van der Waals surface area contributed by atoms with Crippen molar-refractivity contribution in [2.75, 3.05) is 13.2 Å². The minimum atomic E-state index is -0.540. The van der Waals surface area contributed by atoms with Gasteiger partial charge >= 0.3 is 0 Å². The lowest BCUT2D eigenvalue weighted by Crippen LogP contribution is -2.20. The SMILES string of the molecule is C=CC(C)(C)OC/C=C/C#CC#C[C@H]1COC(C)(C)O1. The third-order valence-corrected chi connectivity index (χ3v) is 2.62. The molecule has 0 radical (unpaired) electrons. The van der Waals surface area contributed by atoms with Gasteiger partial charge in [-0.3, -0.25) is 0 Å². The quantitative estimate of drug-likeness (QED) is 0.583. The van der Waals surface area contributed by atoms with E-state index in [2.05, 4.69) is 30.3 Å². The lowest BCUT2D eigenvalue weighted by Gasteiger charge is -2.19. The zero-order chi connectivity index (χ0) is 15.1. The summed E-state index contributed by atoms with van der Waals surface area (Å²) in [5.41, 5.74) is -0.315. The molecule has 1 atom stereocenters. The molecule has 3 nitrogen and oxygen atoms in total. The van der Waals surface area contributed by atoms with Crippen molar-refractivity contribution >= 4 is 0 Å². The summed E-state index contributed by atoms with van der Waals surface area (Å²) in [5, 5.41) is 0. The van der Waals surface area contributed by atoms with Crippen LogP contribution >= 0.6 is 0 Å². The molecule has 20 heavy (non-hydrogen) atoms. The number of rotatable bonds is 4. The molecule has 1 heterocycles. The summed E-state index contributed by atoms with van der Waals surface area (Å²) in [6, 6.07) is 0. The molecule has 1 aliphatic heterocycles. The summed E-state index contributed by atoms with van der Waals surface area (Å²) in [6.45, 7) is 12.3. The van der Waals surface area contributed by atoms with Crippen LogP contribution in [0.25, 0.3) is 0 Å². The summed E-state index contributed by atoms with van der Waals surface area (Å²) in [5.74, 6) is 10.7. The number of allylic oxidation sites excluding steroid dienone is 1. The first-order valence-corrected chi connectivity index (χ1v) is 6.60. The Morgan fingerprint density at radius 2 is 2.15 bits per heavy atom. The van der Waals surface area contributed by atoms with Gasteiger partial charge in [0, 0.05) is 0 Å². The van der Waals surface area contributed by atoms with E-state index in [9.17, 15) is 0 Å². The van der Waals surface area contributed by atoms with Gasteiger partial charge in [-0.25, -0.2) is 0 Å².